The largest absolute Gasteiger partial charge is 0.332 e. The molecule has 0 spiro atoms. The van der Waals surface area contributed by atoms with Crippen LogP contribution in [-0.4, -0.2) is 34.5 Å². The zero-order valence-corrected chi connectivity index (χ0v) is 10.5. The van der Waals surface area contributed by atoms with Gasteiger partial charge in [0.2, 0.25) is 5.91 Å². The van der Waals surface area contributed by atoms with E-state index in [-0.39, 0.29) is 11.8 Å². The molecule has 0 aromatic rings. The fourth-order valence-corrected chi connectivity index (χ4v) is 1.50. The normalized spacial score (nSPS) is 19.9. The number of carbonyl (C=O) groups excluding carboxylic acids is 3. The molecule has 6 nitrogen and oxygen atoms in total. The number of imide groups is 1. The van der Waals surface area contributed by atoms with Crippen LogP contribution in [0.15, 0.2) is 12.2 Å². The quantitative estimate of drug-likeness (QED) is 0.551. The first kappa shape index (κ1) is 13.2. The Kier molecular flexibility index (Phi) is 3.26. The first-order chi connectivity index (χ1) is 7.66. The minimum Gasteiger partial charge on any atom is -0.332 e. The van der Waals surface area contributed by atoms with Crippen molar-refractivity contribution >= 4 is 17.8 Å². The van der Waals surface area contributed by atoms with E-state index in [9.17, 15) is 14.4 Å². The molecular weight excluding hydrogens is 222 g/mol. The van der Waals surface area contributed by atoms with Gasteiger partial charge in [-0.15, -0.1) is 0 Å². The Labute approximate surface area is 100 Å². The van der Waals surface area contributed by atoms with Crippen LogP contribution < -0.4 is 10.6 Å². The van der Waals surface area contributed by atoms with Gasteiger partial charge in [-0.3, -0.25) is 9.59 Å². The molecule has 4 amide bonds. The molecule has 0 aliphatic carbocycles. The number of nitrogens with zero attached hydrogens (tertiary/aromatic N) is 1. The van der Waals surface area contributed by atoms with Crippen LogP contribution in [0.5, 0.6) is 0 Å². The van der Waals surface area contributed by atoms with E-state index >= 15 is 0 Å². The van der Waals surface area contributed by atoms with E-state index < -0.39 is 17.7 Å². The van der Waals surface area contributed by atoms with Crippen LogP contribution in [0.4, 0.5) is 4.79 Å². The second-order valence-electron chi connectivity index (χ2n) is 4.66. The van der Waals surface area contributed by atoms with Crippen molar-refractivity contribution in [3.63, 3.8) is 0 Å². The molecule has 1 saturated heterocycles. The molecule has 1 unspecified atom stereocenters. The molecule has 6 heteroatoms. The average molecular weight is 239 g/mol. The van der Waals surface area contributed by atoms with Crippen molar-refractivity contribution in [2.75, 3.05) is 0 Å². The first-order valence-electron chi connectivity index (χ1n) is 5.29. The SMILES string of the molecule is C=C(C)C(=O)NC(C)N1C(=O)NC(C)(C)C1=O. The summed E-state index contributed by atoms with van der Waals surface area (Å²) in [5.74, 6) is -0.750. The Morgan fingerprint density at radius 1 is 1.47 bits per heavy atom. The topological polar surface area (TPSA) is 78.5 Å². The predicted octanol–water partition coefficient (Wildman–Crippen LogP) is 0.355. The molecule has 1 rings (SSSR count). The van der Waals surface area contributed by atoms with E-state index in [0.29, 0.717) is 5.57 Å². The van der Waals surface area contributed by atoms with Crippen molar-refractivity contribution in [3.8, 4) is 0 Å². The van der Waals surface area contributed by atoms with Crippen molar-refractivity contribution in [2.24, 2.45) is 0 Å². The molecule has 1 aliphatic heterocycles. The van der Waals surface area contributed by atoms with Gasteiger partial charge in [-0.1, -0.05) is 6.58 Å². The van der Waals surface area contributed by atoms with Gasteiger partial charge in [-0.25, -0.2) is 9.69 Å². The van der Waals surface area contributed by atoms with Crippen molar-refractivity contribution < 1.29 is 14.4 Å². The van der Waals surface area contributed by atoms with Crippen molar-refractivity contribution in [2.45, 2.75) is 39.4 Å². The van der Waals surface area contributed by atoms with E-state index in [1.165, 1.54) is 0 Å². The second-order valence-corrected chi connectivity index (χ2v) is 4.66. The maximum Gasteiger partial charge on any atom is 0.326 e. The Bertz CT molecular complexity index is 401. The van der Waals surface area contributed by atoms with Crippen LogP contribution >= 0.6 is 0 Å². The summed E-state index contributed by atoms with van der Waals surface area (Å²) in [6.07, 6.45) is -0.700. The molecule has 1 heterocycles. The van der Waals surface area contributed by atoms with Crippen molar-refractivity contribution in [1.29, 1.82) is 0 Å². The number of hydrogen-bond acceptors (Lipinski definition) is 3. The molecule has 17 heavy (non-hydrogen) atoms. The summed E-state index contributed by atoms with van der Waals surface area (Å²) in [6, 6.07) is -0.505. The molecule has 2 N–H and O–H groups in total. The van der Waals surface area contributed by atoms with Crippen LogP contribution in [-0.2, 0) is 9.59 Å². The highest BCUT2D eigenvalue weighted by atomic mass is 16.2. The Morgan fingerprint density at radius 2 is 2.00 bits per heavy atom. The summed E-state index contributed by atoms with van der Waals surface area (Å²) in [4.78, 5) is 35.9. The zero-order chi connectivity index (χ0) is 13.4. The van der Waals surface area contributed by atoms with Gasteiger partial charge < -0.3 is 10.6 Å². The summed E-state index contributed by atoms with van der Waals surface area (Å²) in [7, 11) is 0. The van der Waals surface area contributed by atoms with Gasteiger partial charge in [0.1, 0.15) is 11.7 Å². The third-order valence-electron chi connectivity index (χ3n) is 2.51. The van der Waals surface area contributed by atoms with E-state index in [1.807, 2.05) is 0 Å². The summed E-state index contributed by atoms with van der Waals surface area (Å²) < 4.78 is 0. The monoisotopic (exact) mass is 239 g/mol. The third-order valence-corrected chi connectivity index (χ3v) is 2.51. The lowest BCUT2D eigenvalue weighted by Crippen LogP contribution is -2.50. The van der Waals surface area contributed by atoms with E-state index in [2.05, 4.69) is 17.2 Å². The molecular formula is C11H17N3O3. The fraction of sp³-hybridized carbons (Fsp3) is 0.545. The number of hydrogen-bond donors (Lipinski definition) is 2. The van der Waals surface area contributed by atoms with Gasteiger partial charge in [0, 0.05) is 5.57 Å². The van der Waals surface area contributed by atoms with Gasteiger partial charge in [0.15, 0.2) is 0 Å². The minimum absolute atomic E-state index is 0.322. The molecule has 0 bridgehead atoms. The molecule has 1 atom stereocenters. The van der Waals surface area contributed by atoms with Crippen LogP contribution in [0.3, 0.4) is 0 Å². The summed E-state index contributed by atoms with van der Waals surface area (Å²) in [5, 5.41) is 5.07. The number of amides is 4. The smallest absolute Gasteiger partial charge is 0.326 e. The molecule has 1 fully saturated rings. The molecule has 94 valence electrons. The van der Waals surface area contributed by atoms with Crippen molar-refractivity contribution in [1.82, 2.24) is 15.5 Å². The lowest BCUT2D eigenvalue weighted by Gasteiger charge is -2.23. The lowest BCUT2D eigenvalue weighted by atomic mass is 10.1. The highest BCUT2D eigenvalue weighted by molar-refractivity contribution is 6.07. The lowest BCUT2D eigenvalue weighted by molar-refractivity contribution is -0.132. The van der Waals surface area contributed by atoms with Gasteiger partial charge in [-0.2, -0.15) is 0 Å². The van der Waals surface area contributed by atoms with Crippen LogP contribution in [0.1, 0.15) is 27.7 Å². The van der Waals surface area contributed by atoms with E-state index in [0.717, 1.165) is 4.90 Å². The average Bonchev–Trinajstić information content (AvgIpc) is 2.35. The molecule has 0 saturated carbocycles. The maximum absolute atomic E-state index is 11.9. The number of rotatable bonds is 3. The zero-order valence-electron chi connectivity index (χ0n) is 10.5. The third kappa shape index (κ3) is 2.46. The Hall–Kier alpha value is -1.85. The molecule has 0 aromatic heterocycles. The summed E-state index contributed by atoms with van der Waals surface area (Å²) in [5.41, 5.74) is -0.609. The summed E-state index contributed by atoms with van der Waals surface area (Å²) in [6.45, 7) is 9.83. The van der Waals surface area contributed by atoms with E-state index in [1.54, 1.807) is 27.7 Å². The fourth-order valence-electron chi connectivity index (χ4n) is 1.50. The highest BCUT2D eigenvalue weighted by Crippen LogP contribution is 2.18. The van der Waals surface area contributed by atoms with Gasteiger partial charge in [0.05, 0.1) is 0 Å². The predicted molar refractivity (Wildman–Crippen MR) is 61.9 cm³/mol. The second kappa shape index (κ2) is 4.20. The molecule has 0 radical (unpaired) electrons. The van der Waals surface area contributed by atoms with Gasteiger partial charge in [-0.05, 0) is 27.7 Å². The summed E-state index contributed by atoms with van der Waals surface area (Å²) >= 11 is 0. The van der Waals surface area contributed by atoms with Gasteiger partial charge >= 0.3 is 6.03 Å². The number of urea groups is 1. The molecule has 0 aromatic carbocycles. The molecule has 1 aliphatic rings. The number of nitrogens with one attached hydrogen (secondary N) is 2. The minimum atomic E-state index is -0.931. The Balaban J connectivity index is 2.80. The van der Waals surface area contributed by atoms with Crippen LogP contribution in [0.25, 0.3) is 0 Å². The Morgan fingerprint density at radius 3 is 2.35 bits per heavy atom. The van der Waals surface area contributed by atoms with Crippen LogP contribution in [0, 0.1) is 0 Å². The highest BCUT2D eigenvalue weighted by Gasteiger charge is 2.46. The van der Waals surface area contributed by atoms with Crippen molar-refractivity contribution in [3.05, 3.63) is 12.2 Å². The van der Waals surface area contributed by atoms with Gasteiger partial charge in [0.25, 0.3) is 5.91 Å². The number of carbonyl (C=O) groups is 3. The van der Waals surface area contributed by atoms with Crippen LogP contribution in [0.2, 0.25) is 0 Å². The first-order valence-corrected chi connectivity index (χ1v) is 5.29. The maximum atomic E-state index is 11.9. The van der Waals surface area contributed by atoms with E-state index in [4.69, 9.17) is 0 Å². The standard InChI is InChI=1S/C11H17N3O3/c1-6(2)8(15)12-7(3)14-9(16)11(4,5)13-10(14)17/h7H,1H2,2-5H3,(H,12,15)(H,13,17).